The van der Waals surface area contributed by atoms with Crippen LogP contribution in [0.5, 0.6) is 0 Å². The quantitative estimate of drug-likeness (QED) is 0.338. The molecule has 2 heterocycles. The number of fused-ring (bicyclic) bond motifs is 1. The first-order chi connectivity index (χ1) is 16.1. The number of nitrogens with one attached hydrogen (secondary N) is 2. The Bertz CT molecular complexity index is 1320. The summed E-state index contributed by atoms with van der Waals surface area (Å²) in [6.45, 7) is 2.50. The molecule has 0 aliphatic carbocycles. The molecule has 33 heavy (non-hydrogen) atoms. The van der Waals surface area contributed by atoms with E-state index >= 15 is 0 Å². The van der Waals surface area contributed by atoms with Crippen molar-refractivity contribution in [2.24, 2.45) is 0 Å². The maximum absolute atomic E-state index is 12.9. The molecule has 0 aliphatic rings. The first-order valence-corrected chi connectivity index (χ1v) is 10.9. The van der Waals surface area contributed by atoms with Gasteiger partial charge in [-0.1, -0.05) is 38.0 Å². The van der Waals surface area contributed by atoms with E-state index in [1.54, 1.807) is 36.4 Å². The summed E-state index contributed by atoms with van der Waals surface area (Å²) in [6.07, 6.45) is 6.58. The normalized spacial score (nSPS) is 10.8. The van der Waals surface area contributed by atoms with Crippen LogP contribution in [0.2, 0.25) is 0 Å². The zero-order valence-electron chi connectivity index (χ0n) is 18.3. The Hall–Kier alpha value is -4.20. The molecule has 2 aromatic carbocycles. The van der Waals surface area contributed by atoms with Crippen molar-refractivity contribution in [3.8, 4) is 5.69 Å². The zero-order valence-corrected chi connectivity index (χ0v) is 18.3. The summed E-state index contributed by atoms with van der Waals surface area (Å²) >= 11 is 0. The summed E-state index contributed by atoms with van der Waals surface area (Å²) in [4.78, 5) is 38.2. The Morgan fingerprint density at radius 1 is 0.848 bits per heavy atom. The van der Waals surface area contributed by atoms with Gasteiger partial charge in [0, 0.05) is 35.6 Å². The van der Waals surface area contributed by atoms with E-state index in [9.17, 15) is 14.4 Å². The van der Waals surface area contributed by atoms with E-state index in [2.05, 4.69) is 22.9 Å². The smallest absolute Gasteiger partial charge is 0.290 e. The second-order valence-corrected chi connectivity index (χ2v) is 7.68. The molecule has 4 rings (SSSR count). The molecule has 2 N–H and O–H groups in total. The largest absolute Gasteiger partial charge is 0.324 e. The van der Waals surface area contributed by atoms with E-state index < -0.39 is 11.8 Å². The van der Waals surface area contributed by atoms with Crippen molar-refractivity contribution in [2.75, 3.05) is 0 Å². The summed E-state index contributed by atoms with van der Waals surface area (Å²) in [6, 6.07) is 17.7. The molecule has 0 atom stereocenters. The van der Waals surface area contributed by atoms with E-state index in [0.29, 0.717) is 22.9 Å². The Kier molecular flexibility index (Phi) is 6.64. The third-order valence-electron chi connectivity index (χ3n) is 5.38. The molecule has 0 unspecified atom stereocenters. The van der Waals surface area contributed by atoms with Gasteiger partial charge in [-0.25, -0.2) is 4.68 Å². The molecule has 2 amide bonds. The van der Waals surface area contributed by atoms with Crippen molar-refractivity contribution in [3.05, 3.63) is 94.7 Å². The van der Waals surface area contributed by atoms with Gasteiger partial charge in [-0.2, -0.15) is 5.10 Å². The van der Waals surface area contributed by atoms with Gasteiger partial charge in [0.15, 0.2) is 5.69 Å². The highest BCUT2D eigenvalue weighted by Crippen LogP contribution is 2.14. The number of nitrogens with zero attached hydrogens (tertiary/aromatic N) is 3. The first kappa shape index (κ1) is 22.0. The highest BCUT2D eigenvalue weighted by molar-refractivity contribution is 6.06. The lowest BCUT2D eigenvalue weighted by Crippen LogP contribution is -2.42. The highest BCUT2D eigenvalue weighted by Gasteiger charge is 2.17. The Morgan fingerprint density at radius 2 is 1.52 bits per heavy atom. The lowest BCUT2D eigenvalue weighted by Gasteiger charge is -2.12. The fraction of sp³-hybridized carbons (Fsp3) is 0.200. The van der Waals surface area contributed by atoms with E-state index in [1.807, 2.05) is 41.2 Å². The third kappa shape index (κ3) is 4.85. The minimum absolute atomic E-state index is 0.0879. The molecule has 8 nitrogen and oxygen atoms in total. The van der Waals surface area contributed by atoms with Crippen molar-refractivity contribution in [1.29, 1.82) is 0 Å². The van der Waals surface area contributed by atoms with E-state index in [0.717, 1.165) is 24.9 Å². The second kappa shape index (κ2) is 9.95. The molecule has 0 bridgehead atoms. The minimum Gasteiger partial charge on any atom is -0.324 e. The molecular formula is C25H25N5O3. The van der Waals surface area contributed by atoms with Crippen molar-refractivity contribution >= 4 is 22.6 Å². The van der Waals surface area contributed by atoms with Gasteiger partial charge in [-0.3, -0.25) is 25.2 Å². The molecule has 8 heteroatoms. The van der Waals surface area contributed by atoms with Gasteiger partial charge in [0.2, 0.25) is 0 Å². The molecule has 0 saturated heterocycles. The van der Waals surface area contributed by atoms with Gasteiger partial charge in [-0.05, 0) is 48.9 Å². The Balaban J connectivity index is 1.51. The van der Waals surface area contributed by atoms with Gasteiger partial charge >= 0.3 is 0 Å². The van der Waals surface area contributed by atoms with Crippen molar-refractivity contribution < 1.29 is 9.59 Å². The lowest BCUT2D eigenvalue weighted by molar-refractivity contribution is 0.0843. The number of amides is 2. The van der Waals surface area contributed by atoms with Crippen LogP contribution in [0.4, 0.5) is 0 Å². The second-order valence-electron chi connectivity index (χ2n) is 7.68. The van der Waals surface area contributed by atoms with E-state index in [1.165, 1.54) is 4.68 Å². The van der Waals surface area contributed by atoms with Gasteiger partial charge in [-0.15, -0.1) is 0 Å². The number of rotatable bonds is 7. The first-order valence-electron chi connectivity index (χ1n) is 10.9. The molecule has 4 aromatic rings. The van der Waals surface area contributed by atoms with Crippen LogP contribution in [0.15, 0.2) is 77.9 Å². The monoisotopic (exact) mass is 443 g/mol. The van der Waals surface area contributed by atoms with Crippen LogP contribution in [0.1, 0.15) is 47.0 Å². The highest BCUT2D eigenvalue weighted by atomic mass is 16.2. The number of aromatic nitrogens is 3. The summed E-state index contributed by atoms with van der Waals surface area (Å²) < 4.78 is 3.25. The summed E-state index contributed by atoms with van der Waals surface area (Å²) in [7, 11) is 0. The Labute approximate surface area is 190 Å². The maximum atomic E-state index is 12.9. The maximum Gasteiger partial charge on any atom is 0.290 e. The molecule has 0 fully saturated rings. The average Bonchev–Trinajstić information content (AvgIpc) is 3.39. The van der Waals surface area contributed by atoms with Crippen LogP contribution in [0.3, 0.4) is 0 Å². The van der Waals surface area contributed by atoms with Crippen LogP contribution in [0, 0.1) is 0 Å². The summed E-state index contributed by atoms with van der Waals surface area (Å²) in [5.41, 5.74) is 6.03. The molecule has 2 aromatic heterocycles. The van der Waals surface area contributed by atoms with Crippen LogP contribution >= 0.6 is 0 Å². The molecule has 0 radical (unpaired) electrons. The number of hydrogen-bond acceptors (Lipinski definition) is 4. The van der Waals surface area contributed by atoms with Crippen molar-refractivity contribution in [3.63, 3.8) is 0 Å². The molecule has 0 saturated carbocycles. The predicted molar refractivity (Wildman–Crippen MR) is 126 cm³/mol. The predicted octanol–water partition coefficient (Wildman–Crippen LogP) is 3.45. The van der Waals surface area contributed by atoms with Crippen LogP contribution in [-0.4, -0.2) is 26.2 Å². The molecule has 168 valence electrons. The van der Waals surface area contributed by atoms with Crippen molar-refractivity contribution in [1.82, 2.24) is 25.2 Å². The van der Waals surface area contributed by atoms with Crippen LogP contribution < -0.4 is 16.4 Å². The van der Waals surface area contributed by atoms with Gasteiger partial charge in [0.05, 0.1) is 5.39 Å². The van der Waals surface area contributed by atoms with Gasteiger partial charge < -0.3 is 4.57 Å². The third-order valence-corrected chi connectivity index (χ3v) is 5.38. The zero-order chi connectivity index (χ0) is 23.2. The summed E-state index contributed by atoms with van der Waals surface area (Å²) in [5.74, 6) is -1.05. The van der Waals surface area contributed by atoms with Crippen molar-refractivity contribution in [2.45, 2.75) is 32.7 Å². The van der Waals surface area contributed by atoms with E-state index in [4.69, 9.17) is 0 Å². The fourth-order valence-electron chi connectivity index (χ4n) is 3.60. The van der Waals surface area contributed by atoms with E-state index in [-0.39, 0.29) is 11.3 Å². The standard InChI is InChI=1S/C25H25N5O3/c1-2-3-6-17-30-25(33)21-10-5-4-9-20(21)22(28-30)24(32)27-26-23(31)18-11-13-19(14-12-18)29-15-7-8-16-29/h4-5,7-16H,2-3,6,17H2,1H3,(H,26,31)(H,27,32). The van der Waals surface area contributed by atoms with Gasteiger partial charge in [0.25, 0.3) is 17.4 Å². The lowest BCUT2D eigenvalue weighted by atomic mass is 10.1. The number of carbonyl (C=O) groups is 2. The summed E-state index contributed by atoms with van der Waals surface area (Å²) in [5, 5.41) is 5.16. The molecule has 0 spiro atoms. The van der Waals surface area contributed by atoms with Crippen LogP contribution in [-0.2, 0) is 6.54 Å². The number of carbonyl (C=O) groups excluding carboxylic acids is 2. The molecule has 0 aliphatic heterocycles. The van der Waals surface area contributed by atoms with Crippen LogP contribution in [0.25, 0.3) is 16.5 Å². The number of benzene rings is 2. The van der Waals surface area contributed by atoms with Gasteiger partial charge in [0.1, 0.15) is 0 Å². The topological polar surface area (TPSA) is 98.0 Å². The average molecular weight is 444 g/mol. The fourth-order valence-corrected chi connectivity index (χ4v) is 3.60. The number of unbranched alkanes of at least 4 members (excludes halogenated alkanes) is 2. The number of hydrogen-bond donors (Lipinski definition) is 2. The number of hydrazine groups is 1. The minimum atomic E-state index is -0.590. The Morgan fingerprint density at radius 3 is 2.21 bits per heavy atom. The SMILES string of the molecule is CCCCCn1nc(C(=O)NNC(=O)c2ccc(-n3cccc3)cc2)c2ccccc2c1=O. The molecular weight excluding hydrogens is 418 g/mol. The number of aryl methyl sites for hydroxylation is 1.